The van der Waals surface area contributed by atoms with E-state index in [4.69, 9.17) is 5.73 Å². The summed E-state index contributed by atoms with van der Waals surface area (Å²) in [7, 11) is 0. The number of rotatable bonds is 5. The molecule has 1 aromatic rings. The Labute approximate surface area is 107 Å². The van der Waals surface area contributed by atoms with Crippen LogP contribution in [0.5, 0.6) is 0 Å². The molecular formula is C11H13F3N2OS. The normalized spacial score (nSPS) is 11.3. The average Bonchev–Trinajstić information content (AvgIpc) is 2.27. The topological polar surface area (TPSA) is 55.1 Å². The lowest BCUT2D eigenvalue weighted by molar-refractivity contribution is -0.116. The number of halogens is 3. The third-order valence-corrected chi connectivity index (χ3v) is 2.80. The van der Waals surface area contributed by atoms with Crippen LogP contribution in [0, 0.1) is 0 Å². The highest BCUT2D eigenvalue weighted by molar-refractivity contribution is 8.00. The van der Waals surface area contributed by atoms with Crippen LogP contribution in [0.25, 0.3) is 0 Å². The first-order valence-electron chi connectivity index (χ1n) is 5.27. The number of nitrogens with one attached hydrogen (secondary N) is 1. The molecule has 7 heteroatoms. The van der Waals surface area contributed by atoms with Crippen LogP contribution in [-0.4, -0.2) is 18.0 Å². The van der Waals surface area contributed by atoms with Gasteiger partial charge in [0.15, 0.2) is 0 Å². The number of carbonyl (C=O) groups excluding carboxylic acids is 1. The lowest BCUT2D eigenvalue weighted by Gasteiger charge is -2.11. The molecule has 1 rings (SSSR count). The van der Waals surface area contributed by atoms with Gasteiger partial charge in [0.1, 0.15) is 0 Å². The van der Waals surface area contributed by atoms with Crippen LogP contribution in [-0.2, 0) is 4.79 Å². The van der Waals surface area contributed by atoms with Crippen LogP contribution < -0.4 is 11.1 Å². The molecule has 3 N–H and O–H groups in total. The van der Waals surface area contributed by atoms with Gasteiger partial charge in [-0.3, -0.25) is 4.79 Å². The van der Waals surface area contributed by atoms with E-state index in [2.05, 4.69) is 5.32 Å². The molecule has 0 saturated heterocycles. The van der Waals surface area contributed by atoms with Crippen molar-refractivity contribution >= 4 is 23.4 Å². The van der Waals surface area contributed by atoms with Gasteiger partial charge in [0.05, 0.1) is 5.69 Å². The summed E-state index contributed by atoms with van der Waals surface area (Å²) in [6, 6.07) is 5.81. The molecule has 0 unspecified atom stereocenters. The average molecular weight is 278 g/mol. The highest BCUT2D eigenvalue weighted by Gasteiger charge is 2.30. The van der Waals surface area contributed by atoms with Crippen molar-refractivity contribution in [1.82, 2.24) is 0 Å². The van der Waals surface area contributed by atoms with Crippen molar-refractivity contribution in [3.05, 3.63) is 24.3 Å². The van der Waals surface area contributed by atoms with E-state index in [1.165, 1.54) is 18.2 Å². The molecule has 0 heterocycles. The largest absolute Gasteiger partial charge is 0.446 e. The molecule has 0 aliphatic carbocycles. The summed E-state index contributed by atoms with van der Waals surface area (Å²) in [4.78, 5) is 11.4. The van der Waals surface area contributed by atoms with Gasteiger partial charge in [-0.25, -0.2) is 0 Å². The summed E-state index contributed by atoms with van der Waals surface area (Å²) in [6.07, 6.45) is 0.696. The van der Waals surface area contributed by atoms with Gasteiger partial charge in [-0.05, 0) is 36.9 Å². The van der Waals surface area contributed by atoms with Crippen molar-refractivity contribution in [1.29, 1.82) is 0 Å². The minimum atomic E-state index is -4.38. The van der Waals surface area contributed by atoms with Crippen molar-refractivity contribution < 1.29 is 18.0 Å². The van der Waals surface area contributed by atoms with E-state index < -0.39 is 5.51 Å². The van der Waals surface area contributed by atoms with E-state index in [0.717, 1.165) is 0 Å². The zero-order chi connectivity index (χ0) is 13.6. The molecule has 0 atom stereocenters. The summed E-state index contributed by atoms with van der Waals surface area (Å²) in [5.41, 5.74) is 1.04. The summed E-state index contributed by atoms with van der Waals surface area (Å²) in [5.74, 6) is -0.337. The zero-order valence-electron chi connectivity index (χ0n) is 9.46. The van der Waals surface area contributed by atoms with Crippen molar-refractivity contribution in [2.24, 2.45) is 5.73 Å². The van der Waals surface area contributed by atoms with Gasteiger partial charge in [-0.2, -0.15) is 13.2 Å². The maximum Gasteiger partial charge on any atom is 0.446 e. The fourth-order valence-corrected chi connectivity index (χ4v) is 1.88. The summed E-state index contributed by atoms with van der Waals surface area (Å²) in [5, 5.41) is 2.45. The van der Waals surface area contributed by atoms with E-state index in [0.29, 0.717) is 13.0 Å². The quantitative estimate of drug-likeness (QED) is 0.814. The van der Waals surface area contributed by atoms with E-state index >= 15 is 0 Å². The van der Waals surface area contributed by atoms with Crippen LogP contribution in [0.2, 0.25) is 0 Å². The molecule has 100 valence electrons. The monoisotopic (exact) mass is 278 g/mol. The lowest BCUT2D eigenvalue weighted by Crippen LogP contribution is -2.14. The molecule has 0 aromatic heterocycles. The number of amides is 1. The number of hydrogen-bond donors (Lipinski definition) is 2. The Kier molecular flexibility index (Phi) is 5.49. The number of para-hydroxylation sites is 1. The zero-order valence-corrected chi connectivity index (χ0v) is 10.3. The van der Waals surface area contributed by atoms with E-state index in [-0.39, 0.29) is 34.7 Å². The van der Waals surface area contributed by atoms with Crippen LogP contribution in [0.15, 0.2) is 29.2 Å². The molecule has 1 aromatic carbocycles. The number of thioether (sulfide) groups is 1. The fourth-order valence-electron chi connectivity index (χ4n) is 1.26. The molecule has 0 aliphatic heterocycles. The maximum absolute atomic E-state index is 12.3. The highest BCUT2D eigenvalue weighted by Crippen LogP contribution is 2.40. The molecule has 18 heavy (non-hydrogen) atoms. The van der Waals surface area contributed by atoms with Gasteiger partial charge in [0, 0.05) is 11.3 Å². The molecule has 0 radical (unpaired) electrons. The fraction of sp³-hybridized carbons (Fsp3) is 0.364. The van der Waals surface area contributed by atoms with Crippen molar-refractivity contribution in [3.8, 4) is 0 Å². The van der Waals surface area contributed by atoms with Gasteiger partial charge in [0.25, 0.3) is 0 Å². The molecule has 0 fully saturated rings. The SMILES string of the molecule is NCCCC(=O)Nc1ccccc1SC(F)(F)F. The first-order valence-corrected chi connectivity index (χ1v) is 6.08. The molecule has 0 aliphatic rings. The second-order valence-electron chi connectivity index (χ2n) is 3.48. The first-order chi connectivity index (χ1) is 8.42. The van der Waals surface area contributed by atoms with Gasteiger partial charge >= 0.3 is 5.51 Å². The molecule has 3 nitrogen and oxygen atoms in total. The lowest BCUT2D eigenvalue weighted by atomic mass is 10.2. The Morgan fingerprint density at radius 3 is 2.61 bits per heavy atom. The van der Waals surface area contributed by atoms with Crippen molar-refractivity contribution in [2.75, 3.05) is 11.9 Å². The Balaban J connectivity index is 2.73. The Morgan fingerprint density at radius 2 is 2.00 bits per heavy atom. The smallest absolute Gasteiger partial charge is 0.330 e. The highest BCUT2D eigenvalue weighted by atomic mass is 32.2. The maximum atomic E-state index is 12.3. The van der Waals surface area contributed by atoms with Gasteiger partial charge in [0.2, 0.25) is 5.91 Å². The molecule has 0 saturated carbocycles. The third-order valence-electron chi connectivity index (χ3n) is 1.99. The second kappa shape index (κ2) is 6.65. The summed E-state index contributed by atoms with van der Waals surface area (Å²) >= 11 is -0.246. The van der Waals surface area contributed by atoms with Crippen molar-refractivity contribution in [2.45, 2.75) is 23.2 Å². The molecule has 1 amide bonds. The van der Waals surface area contributed by atoms with Crippen molar-refractivity contribution in [3.63, 3.8) is 0 Å². The number of hydrogen-bond acceptors (Lipinski definition) is 3. The Bertz CT molecular complexity index is 410. The summed E-state index contributed by atoms with van der Waals surface area (Å²) < 4.78 is 36.9. The number of carbonyl (C=O) groups is 1. The van der Waals surface area contributed by atoms with Crippen LogP contribution in [0.1, 0.15) is 12.8 Å². The Hall–Kier alpha value is -1.21. The number of alkyl halides is 3. The number of nitrogens with two attached hydrogens (primary N) is 1. The standard InChI is InChI=1S/C11H13F3N2OS/c12-11(13,14)18-9-5-2-1-4-8(9)16-10(17)6-3-7-15/h1-2,4-5H,3,6-7,15H2,(H,16,17). The predicted molar refractivity (Wildman–Crippen MR) is 65.3 cm³/mol. The Morgan fingerprint density at radius 1 is 1.33 bits per heavy atom. The first kappa shape index (κ1) is 14.8. The molecule has 0 spiro atoms. The van der Waals surface area contributed by atoms with Crippen LogP contribution >= 0.6 is 11.8 Å². The third kappa shape index (κ3) is 5.42. The number of benzene rings is 1. The minimum Gasteiger partial charge on any atom is -0.330 e. The van der Waals surface area contributed by atoms with Gasteiger partial charge in [-0.1, -0.05) is 12.1 Å². The van der Waals surface area contributed by atoms with Crippen LogP contribution in [0.4, 0.5) is 18.9 Å². The van der Waals surface area contributed by atoms with E-state index in [1.807, 2.05) is 0 Å². The molecule has 0 bridgehead atoms. The second-order valence-corrected chi connectivity index (χ2v) is 4.59. The predicted octanol–water partition coefficient (Wildman–Crippen LogP) is 2.98. The molecular weight excluding hydrogens is 265 g/mol. The van der Waals surface area contributed by atoms with E-state index in [9.17, 15) is 18.0 Å². The van der Waals surface area contributed by atoms with Gasteiger partial charge < -0.3 is 11.1 Å². The van der Waals surface area contributed by atoms with Crippen LogP contribution in [0.3, 0.4) is 0 Å². The van der Waals surface area contributed by atoms with Gasteiger partial charge in [-0.15, -0.1) is 0 Å². The summed E-state index contributed by atoms with van der Waals surface area (Å²) in [6.45, 7) is 0.367. The van der Waals surface area contributed by atoms with E-state index in [1.54, 1.807) is 6.07 Å². The number of anilines is 1. The minimum absolute atomic E-state index is 0.0221.